The standard InChI is InChI=1S/C18H23N5O2/c1-4-8-13(17-21-20-16-9-6-7-10-23(16)17)19-18(24)15-11-14(22-25-15)12(3)5-2/h6-7,9-13H,4-5,8H2,1-3H3,(H,19,24)/t12-,13-/m0/s1. The maximum absolute atomic E-state index is 12.6. The van der Waals surface area contributed by atoms with Crippen molar-refractivity contribution in [1.29, 1.82) is 0 Å². The van der Waals surface area contributed by atoms with E-state index in [-0.39, 0.29) is 23.6 Å². The lowest BCUT2D eigenvalue weighted by Crippen LogP contribution is -2.29. The zero-order chi connectivity index (χ0) is 17.8. The van der Waals surface area contributed by atoms with Gasteiger partial charge >= 0.3 is 0 Å². The molecule has 0 saturated heterocycles. The van der Waals surface area contributed by atoms with E-state index in [4.69, 9.17) is 4.52 Å². The van der Waals surface area contributed by atoms with Crippen molar-refractivity contribution in [3.8, 4) is 0 Å². The third-order valence-corrected chi connectivity index (χ3v) is 4.40. The monoisotopic (exact) mass is 341 g/mol. The number of carbonyl (C=O) groups is 1. The maximum Gasteiger partial charge on any atom is 0.290 e. The van der Waals surface area contributed by atoms with E-state index in [0.717, 1.165) is 30.6 Å². The Morgan fingerprint density at radius 1 is 1.32 bits per heavy atom. The van der Waals surface area contributed by atoms with Crippen LogP contribution in [0.4, 0.5) is 0 Å². The lowest BCUT2D eigenvalue weighted by atomic mass is 10.1. The van der Waals surface area contributed by atoms with Crippen molar-refractivity contribution in [2.45, 2.75) is 52.0 Å². The fourth-order valence-corrected chi connectivity index (χ4v) is 2.72. The number of nitrogens with zero attached hydrogens (tertiary/aromatic N) is 4. The summed E-state index contributed by atoms with van der Waals surface area (Å²) >= 11 is 0. The molecular formula is C18H23N5O2. The maximum atomic E-state index is 12.6. The molecule has 3 heterocycles. The number of pyridine rings is 1. The van der Waals surface area contributed by atoms with Gasteiger partial charge in [0.05, 0.1) is 11.7 Å². The fourth-order valence-electron chi connectivity index (χ4n) is 2.72. The summed E-state index contributed by atoms with van der Waals surface area (Å²) in [6.45, 7) is 6.20. The Morgan fingerprint density at radius 3 is 2.92 bits per heavy atom. The second-order valence-corrected chi connectivity index (χ2v) is 6.23. The van der Waals surface area contributed by atoms with Crippen molar-refractivity contribution < 1.29 is 9.32 Å². The highest BCUT2D eigenvalue weighted by Gasteiger charge is 2.23. The summed E-state index contributed by atoms with van der Waals surface area (Å²) in [5.74, 6) is 0.919. The Balaban J connectivity index is 1.82. The smallest absolute Gasteiger partial charge is 0.290 e. The van der Waals surface area contributed by atoms with Gasteiger partial charge < -0.3 is 9.84 Å². The summed E-state index contributed by atoms with van der Waals surface area (Å²) in [6, 6.07) is 7.18. The van der Waals surface area contributed by atoms with Crippen LogP contribution in [0.5, 0.6) is 0 Å². The molecule has 0 bridgehead atoms. The van der Waals surface area contributed by atoms with Crippen LogP contribution in [0.3, 0.4) is 0 Å². The summed E-state index contributed by atoms with van der Waals surface area (Å²) in [6.07, 6.45) is 4.50. The van der Waals surface area contributed by atoms with Crippen LogP contribution in [-0.2, 0) is 0 Å². The first-order valence-corrected chi connectivity index (χ1v) is 8.71. The molecule has 0 aromatic carbocycles. The first kappa shape index (κ1) is 17.1. The molecule has 7 nitrogen and oxygen atoms in total. The molecular weight excluding hydrogens is 318 g/mol. The molecule has 7 heteroatoms. The number of fused-ring (bicyclic) bond motifs is 1. The minimum Gasteiger partial charge on any atom is -0.351 e. The van der Waals surface area contributed by atoms with Gasteiger partial charge in [-0.2, -0.15) is 0 Å². The zero-order valence-corrected chi connectivity index (χ0v) is 14.8. The van der Waals surface area contributed by atoms with Crippen LogP contribution >= 0.6 is 0 Å². The highest BCUT2D eigenvalue weighted by atomic mass is 16.5. The van der Waals surface area contributed by atoms with E-state index in [1.54, 1.807) is 6.07 Å². The number of nitrogens with one attached hydrogen (secondary N) is 1. The van der Waals surface area contributed by atoms with Crippen LogP contribution in [0.1, 0.15) is 74.1 Å². The van der Waals surface area contributed by atoms with Crippen molar-refractivity contribution in [3.05, 3.63) is 47.7 Å². The summed E-state index contributed by atoms with van der Waals surface area (Å²) in [5, 5.41) is 15.4. The van der Waals surface area contributed by atoms with Gasteiger partial charge in [0.2, 0.25) is 5.76 Å². The van der Waals surface area contributed by atoms with Gasteiger partial charge in [-0.3, -0.25) is 9.20 Å². The first-order valence-electron chi connectivity index (χ1n) is 8.71. The molecule has 132 valence electrons. The molecule has 0 aliphatic heterocycles. The van der Waals surface area contributed by atoms with Crippen molar-refractivity contribution in [1.82, 2.24) is 25.1 Å². The van der Waals surface area contributed by atoms with Gasteiger partial charge in [-0.1, -0.05) is 38.4 Å². The Kier molecular flexibility index (Phi) is 5.11. The first-order chi connectivity index (χ1) is 12.1. The summed E-state index contributed by atoms with van der Waals surface area (Å²) in [5.41, 5.74) is 1.55. The minimum atomic E-state index is -0.284. The molecule has 0 aliphatic rings. The summed E-state index contributed by atoms with van der Waals surface area (Å²) in [4.78, 5) is 12.6. The van der Waals surface area contributed by atoms with E-state index in [2.05, 4.69) is 41.4 Å². The topological polar surface area (TPSA) is 85.3 Å². The second kappa shape index (κ2) is 7.46. The van der Waals surface area contributed by atoms with Gasteiger partial charge in [-0.25, -0.2) is 0 Å². The number of hydrogen-bond acceptors (Lipinski definition) is 5. The largest absolute Gasteiger partial charge is 0.351 e. The molecule has 2 atom stereocenters. The molecule has 0 unspecified atom stereocenters. The Labute approximate surface area is 146 Å². The highest BCUT2D eigenvalue weighted by Crippen LogP contribution is 2.21. The predicted molar refractivity (Wildman–Crippen MR) is 93.3 cm³/mol. The molecule has 0 saturated carbocycles. The van der Waals surface area contributed by atoms with E-state index in [9.17, 15) is 4.79 Å². The number of aromatic nitrogens is 4. The van der Waals surface area contributed by atoms with Crippen molar-refractivity contribution in [2.75, 3.05) is 0 Å². The molecule has 0 fully saturated rings. The summed E-state index contributed by atoms with van der Waals surface area (Å²) in [7, 11) is 0. The minimum absolute atomic E-state index is 0.227. The van der Waals surface area contributed by atoms with Gasteiger partial charge in [0.15, 0.2) is 11.5 Å². The van der Waals surface area contributed by atoms with E-state index in [1.807, 2.05) is 28.8 Å². The van der Waals surface area contributed by atoms with E-state index < -0.39 is 0 Å². The molecule has 0 radical (unpaired) electrons. The highest BCUT2D eigenvalue weighted by molar-refractivity contribution is 5.91. The van der Waals surface area contributed by atoms with Crippen LogP contribution in [0, 0.1) is 0 Å². The van der Waals surface area contributed by atoms with Crippen LogP contribution in [-0.4, -0.2) is 25.7 Å². The number of rotatable bonds is 7. The molecule has 3 aromatic heterocycles. The summed E-state index contributed by atoms with van der Waals surface area (Å²) < 4.78 is 7.12. The van der Waals surface area contributed by atoms with Crippen LogP contribution < -0.4 is 5.32 Å². The Bertz CT molecular complexity index is 854. The Hall–Kier alpha value is -2.70. The number of amides is 1. The molecule has 0 spiro atoms. The number of carbonyl (C=O) groups excluding carboxylic acids is 1. The van der Waals surface area contributed by atoms with Crippen LogP contribution in [0.25, 0.3) is 5.65 Å². The lowest BCUT2D eigenvalue weighted by molar-refractivity contribution is 0.0894. The van der Waals surface area contributed by atoms with Gasteiger partial charge in [0.25, 0.3) is 5.91 Å². The van der Waals surface area contributed by atoms with Crippen LogP contribution in [0.15, 0.2) is 35.0 Å². The molecule has 1 amide bonds. The third-order valence-electron chi connectivity index (χ3n) is 4.40. The molecule has 3 rings (SSSR count). The number of hydrogen-bond donors (Lipinski definition) is 1. The van der Waals surface area contributed by atoms with Gasteiger partial charge in [0, 0.05) is 18.2 Å². The normalized spacial score (nSPS) is 13.7. The molecule has 1 N–H and O–H groups in total. The predicted octanol–water partition coefficient (Wildman–Crippen LogP) is 3.50. The third kappa shape index (κ3) is 3.55. The Morgan fingerprint density at radius 2 is 2.16 bits per heavy atom. The average Bonchev–Trinajstić information content (AvgIpc) is 3.28. The van der Waals surface area contributed by atoms with Crippen molar-refractivity contribution in [2.24, 2.45) is 0 Å². The van der Waals surface area contributed by atoms with Gasteiger partial charge in [-0.15, -0.1) is 10.2 Å². The van der Waals surface area contributed by atoms with Gasteiger partial charge in [0.1, 0.15) is 0 Å². The lowest BCUT2D eigenvalue weighted by Gasteiger charge is -2.15. The van der Waals surface area contributed by atoms with Crippen molar-refractivity contribution >= 4 is 11.6 Å². The average molecular weight is 341 g/mol. The van der Waals surface area contributed by atoms with Gasteiger partial charge in [-0.05, 0) is 25.0 Å². The molecule has 25 heavy (non-hydrogen) atoms. The van der Waals surface area contributed by atoms with E-state index in [1.165, 1.54) is 0 Å². The SMILES string of the molecule is CCC[C@H](NC(=O)c1cc([C@@H](C)CC)no1)c1nnc2ccccn12. The van der Waals surface area contributed by atoms with Crippen molar-refractivity contribution in [3.63, 3.8) is 0 Å². The molecule has 3 aromatic rings. The molecule has 0 aliphatic carbocycles. The second-order valence-electron chi connectivity index (χ2n) is 6.23. The fraction of sp³-hybridized carbons (Fsp3) is 0.444. The van der Waals surface area contributed by atoms with E-state index in [0.29, 0.717) is 5.82 Å². The van der Waals surface area contributed by atoms with E-state index >= 15 is 0 Å². The van der Waals surface area contributed by atoms with Crippen LogP contribution in [0.2, 0.25) is 0 Å². The zero-order valence-electron chi connectivity index (χ0n) is 14.8. The quantitative estimate of drug-likeness (QED) is 0.711.